The number of nitrogens with zero attached hydrogens (tertiary/aromatic N) is 3. The fourth-order valence-electron chi connectivity index (χ4n) is 3.80. The van der Waals surface area contributed by atoms with Gasteiger partial charge in [0.05, 0.1) is 11.0 Å². The molecule has 154 valence electrons. The van der Waals surface area contributed by atoms with Crippen LogP contribution in [0.2, 0.25) is 0 Å². The molecular weight excluding hydrogens is 368 g/mol. The third kappa shape index (κ3) is 4.92. The van der Waals surface area contributed by atoms with E-state index >= 15 is 0 Å². The van der Waals surface area contributed by atoms with Gasteiger partial charge < -0.3 is 10.2 Å². The van der Waals surface area contributed by atoms with Gasteiger partial charge in [0, 0.05) is 43.5 Å². The van der Waals surface area contributed by atoms with Crippen LogP contribution in [0.15, 0.2) is 42.5 Å². The van der Waals surface area contributed by atoms with Crippen molar-refractivity contribution < 1.29 is 9.72 Å². The number of anilines is 1. The summed E-state index contributed by atoms with van der Waals surface area (Å²) in [6, 6.07) is 13.0. The van der Waals surface area contributed by atoms with Crippen LogP contribution < -0.4 is 10.2 Å². The lowest BCUT2D eigenvalue weighted by Crippen LogP contribution is -2.36. The Balaban J connectivity index is 1.73. The maximum atomic E-state index is 12.7. The van der Waals surface area contributed by atoms with Gasteiger partial charge in [-0.3, -0.25) is 19.8 Å². The highest BCUT2D eigenvalue weighted by Crippen LogP contribution is 2.26. The molecule has 0 spiro atoms. The standard InChI is InChI=1S/C22H28N4O3/c1-16-14-18(8-11-20(16)26(28)29)22(27)23-15-21(25-12-4-5-13-25)17-6-9-19(10-7-17)24(2)3/h6-11,14,21H,4-5,12-13,15H2,1-3H3,(H,23,27)/t21-/m1/s1. The van der Waals surface area contributed by atoms with Gasteiger partial charge in [0.2, 0.25) is 0 Å². The molecule has 1 saturated heterocycles. The van der Waals surface area contributed by atoms with Gasteiger partial charge in [-0.1, -0.05) is 12.1 Å². The van der Waals surface area contributed by atoms with Crippen LogP contribution in [-0.2, 0) is 0 Å². The molecule has 1 amide bonds. The van der Waals surface area contributed by atoms with Gasteiger partial charge in [0.25, 0.3) is 11.6 Å². The Morgan fingerprint density at radius 3 is 2.38 bits per heavy atom. The predicted octanol–water partition coefficient (Wildman–Crippen LogP) is 3.54. The van der Waals surface area contributed by atoms with Crippen molar-refractivity contribution in [1.82, 2.24) is 10.2 Å². The summed E-state index contributed by atoms with van der Waals surface area (Å²) < 4.78 is 0. The number of nitro groups is 1. The van der Waals surface area contributed by atoms with Crippen molar-refractivity contribution in [2.75, 3.05) is 38.6 Å². The van der Waals surface area contributed by atoms with E-state index in [4.69, 9.17) is 0 Å². The van der Waals surface area contributed by atoms with E-state index in [0.29, 0.717) is 17.7 Å². The second kappa shape index (κ2) is 9.05. The van der Waals surface area contributed by atoms with E-state index in [2.05, 4.69) is 39.4 Å². The Bertz CT molecular complexity index is 874. The van der Waals surface area contributed by atoms with Gasteiger partial charge in [-0.25, -0.2) is 0 Å². The van der Waals surface area contributed by atoms with Crippen LogP contribution in [0.25, 0.3) is 0 Å². The summed E-state index contributed by atoms with van der Waals surface area (Å²) in [4.78, 5) is 27.7. The zero-order chi connectivity index (χ0) is 21.0. The minimum absolute atomic E-state index is 0.0254. The highest BCUT2D eigenvalue weighted by Gasteiger charge is 2.24. The third-order valence-corrected chi connectivity index (χ3v) is 5.49. The molecule has 0 radical (unpaired) electrons. The Morgan fingerprint density at radius 1 is 1.17 bits per heavy atom. The molecule has 1 heterocycles. The minimum atomic E-state index is -0.433. The minimum Gasteiger partial charge on any atom is -0.378 e. The molecule has 3 rings (SSSR count). The van der Waals surface area contributed by atoms with E-state index in [1.165, 1.54) is 30.5 Å². The summed E-state index contributed by atoms with van der Waals surface area (Å²) in [7, 11) is 4.03. The smallest absolute Gasteiger partial charge is 0.272 e. The second-order valence-electron chi connectivity index (χ2n) is 7.71. The molecule has 1 fully saturated rings. The van der Waals surface area contributed by atoms with Gasteiger partial charge in [-0.2, -0.15) is 0 Å². The number of hydrogen-bond acceptors (Lipinski definition) is 5. The van der Waals surface area contributed by atoms with Crippen LogP contribution in [0.5, 0.6) is 0 Å². The molecule has 2 aromatic rings. The van der Waals surface area contributed by atoms with Crippen molar-refractivity contribution in [1.29, 1.82) is 0 Å². The predicted molar refractivity (Wildman–Crippen MR) is 114 cm³/mol. The highest BCUT2D eigenvalue weighted by atomic mass is 16.6. The average molecular weight is 396 g/mol. The number of likely N-dealkylation sites (tertiary alicyclic amines) is 1. The third-order valence-electron chi connectivity index (χ3n) is 5.49. The topological polar surface area (TPSA) is 78.7 Å². The van der Waals surface area contributed by atoms with E-state index in [-0.39, 0.29) is 17.6 Å². The number of rotatable bonds is 7. The fourth-order valence-corrected chi connectivity index (χ4v) is 3.80. The SMILES string of the molecule is Cc1cc(C(=O)NC[C@H](c2ccc(N(C)C)cc2)N2CCCC2)ccc1[N+](=O)[O-]. The van der Waals surface area contributed by atoms with Crippen LogP contribution in [0, 0.1) is 17.0 Å². The molecule has 1 aliphatic heterocycles. The molecule has 0 bridgehead atoms. The number of amides is 1. The maximum absolute atomic E-state index is 12.7. The van der Waals surface area contributed by atoms with Crippen LogP contribution in [0.4, 0.5) is 11.4 Å². The first-order chi connectivity index (χ1) is 13.9. The van der Waals surface area contributed by atoms with Gasteiger partial charge in [-0.05, 0) is 62.7 Å². The molecule has 0 aliphatic carbocycles. The number of hydrogen-bond donors (Lipinski definition) is 1. The van der Waals surface area contributed by atoms with Crippen molar-refractivity contribution in [3.8, 4) is 0 Å². The molecule has 1 atom stereocenters. The molecule has 29 heavy (non-hydrogen) atoms. The van der Waals surface area contributed by atoms with Gasteiger partial charge in [0.15, 0.2) is 0 Å². The second-order valence-corrected chi connectivity index (χ2v) is 7.71. The van der Waals surface area contributed by atoms with Gasteiger partial charge >= 0.3 is 0 Å². The monoisotopic (exact) mass is 396 g/mol. The Hall–Kier alpha value is -2.93. The first kappa shape index (κ1) is 20.8. The average Bonchev–Trinajstić information content (AvgIpc) is 3.22. The van der Waals surface area contributed by atoms with Crippen LogP contribution in [-0.4, -0.2) is 49.5 Å². The summed E-state index contributed by atoms with van der Waals surface area (Å²) in [5.41, 5.74) is 3.27. The number of nitrogens with one attached hydrogen (secondary N) is 1. The summed E-state index contributed by atoms with van der Waals surface area (Å²) in [6.07, 6.45) is 2.34. The maximum Gasteiger partial charge on any atom is 0.272 e. The zero-order valence-corrected chi connectivity index (χ0v) is 17.2. The lowest BCUT2D eigenvalue weighted by Gasteiger charge is -2.28. The molecule has 0 saturated carbocycles. The quantitative estimate of drug-likeness (QED) is 0.572. The largest absolute Gasteiger partial charge is 0.378 e. The fraction of sp³-hybridized carbons (Fsp3) is 0.409. The number of carbonyl (C=O) groups excluding carboxylic acids is 1. The Kier molecular flexibility index (Phi) is 6.49. The van der Waals surface area contributed by atoms with Crippen molar-refractivity contribution in [2.45, 2.75) is 25.8 Å². The number of benzene rings is 2. The van der Waals surface area contributed by atoms with Crippen LogP contribution >= 0.6 is 0 Å². The normalized spacial score (nSPS) is 15.1. The molecule has 0 unspecified atom stereocenters. The van der Waals surface area contributed by atoms with E-state index < -0.39 is 4.92 Å². The first-order valence-corrected chi connectivity index (χ1v) is 9.91. The van der Waals surface area contributed by atoms with Crippen molar-refractivity contribution in [3.05, 3.63) is 69.3 Å². The van der Waals surface area contributed by atoms with E-state index in [1.807, 2.05) is 14.1 Å². The molecule has 2 aromatic carbocycles. The zero-order valence-electron chi connectivity index (χ0n) is 17.2. The van der Waals surface area contributed by atoms with Crippen LogP contribution in [0.3, 0.4) is 0 Å². The Morgan fingerprint density at radius 2 is 1.83 bits per heavy atom. The van der Waals surface area contributed by atoms with Gasteiger partial charge in [0.1, 0.15) is 0 Å². The molecule has 7 heteroatoms. The summed E-state index contributed by atoms with van der Waals surface area (Å²) in [6.45, 7) is 4.18. The lowest BCUT2D eigenvalue weighted by molar-refractivity contribution is -0.385. The first-order valence-electron chi connectivity index (χ1n) is 9.91. The molecule has 1 N–H and O–H groups in total. The van der Waals surface area contributed by atoms with Crippen molar-refractivity contribution in [3.63, 3.8) is 0 Å². The number of aryl methyl sites for hydroxylation is 1. The Labute approximate surface area is 171 Å². The summed E-state index contributed by atoms with van der Waals surface area (Å²) in [5, 5.41) is 14.0. The summed E-state index contributed by atoms with van der Waals surface area (Å²) >= 11 is 0. The van der Waals surface area contributed by atoms with Crippen LogP contribution in [0.1, 0.15) is 40.4 Å². The van der Waals surface area contributed by atoms with E-state index in [9.17, 15) is 14.9 Å². The molecular formula is C22H28N4O3. The lowest BCUT2D eigenvalue weighted by atomic mass is 10.0. The van der Waals surface area contributed by atoms with E-state index in [1.54, 1.807) is 13.0 Å². The van der Waals surface area contributed by atoms with Crippen molar-refractivity contribution in [2.24, 2.45) is 0 Å². The molecule has 1 aliphatic rings. The van der Waals surface area contributed by atoms with Crippen molar-refractivity contribution >= 4 is 17.3 Å². The van der Waals surface area contributed by atoms with Gasteiger partial charge in [-0.15, -0.1) is 0 Å². The number of carbonyl (C=O) groups is 1. The summed E-state index contributed by atoms with van der Waals surface area (Å²) in [5.74, 6) is -0.211. The molecule has 7 nitrogen and oxygen atoms in total. The number of nitro benzene ring substituents is 1. The molecule has 0 aromatic heterocycles. The van der Waals surface area contributed by atoms with E-state index in [0.717, 1.165) is 18.8 Å². The highest BCUT2D eigenvalue weighted by molar-refractivity contribution is 5.94.